The second-order valence-corrected chi connectivity index (χ2v) is 8.80. The lowest BCUT2D eigenvalue weighted by atomic mass is 10.4. The minimum absolute atomic E-state index is 0.667. The van der Waals surface area contributed by atoms with Gasteiger partial charge in [0, 0.05) is 0 Å². The predicted octanol–water partition coefficient (Wildman–Crippen LogP) is 3.06. The number of hydrogen-bond donors (Lipinski definition) is 1. The van der Waals surface area contributed by atoms with Gasteiger partial charge in [-0.3, -0.25) is 0 Å². The van der Waals surface area contributed by atoms with Gasteiger partial charge >= 0.3 is 0 Å². The minimum Gasteiger partial charge on any atom is -0.337 e. The molecule has 0 aromatic carbocycles. The average molecular weight is 199 g/mol. The second-order valence-electron chi connectivity index (χ2n) is 5.14. The van der Waals surface area contributed by atoms with Crippen LogP contribution in [-0.2, 0) is 0 Å². The van der Waals surface area contributed by atoms with Crippen molar-refractivity contribution >= 4 is 8.96 Å². The van der Waals surface area contributed by atoms with Crippen LogP contribution >= 0.6 is 0 Å². The highest BCUT2D eigenvalue weighted by Gasteiger charge is 2.28. The Balaban J connectivity index is 2.45. The molecule has 1 rings (SSSR count). The Morgan fingerprint density at radius 1 is 1.08 bits per heavy atom. The van der Waals surface area contributed by atoms with E-state index in [1.165, 1.54) is 25.7 Å². The summed E-state index contributed by atoms with van der Waals surface area (Å²) in [4.78, 5) is 3.86. The molecule has 0 heterocycles. The third-order valence-electron chi connectivity index (χ3n) is 3.15. The SMILES string of the molecule is CC(C)N[SiH](C(C)C)C1CCCC1. The summed E-state index contributed by atoms with van der Waals surface area (Å²) in [5.74, 6) is 0. The maximum absolute atomic E-state index is 3.86. The molecule has 1 fully saturated rings. The number of rotatable bonds is 4. The normalized spacial score (nSPS) is 21.7. The van der Waals surface area contributed by atoms with E-state index in [9.17, 15) is 0 Å². The molecule has 1 N–H and O–H groups in total. The van der Waals surface area contributed by atoms with Gasteiger partial charge in [-0.2, -0.15) is 0 Å². The zero-order valence-corrected chi connectivity index (χ0v) is 10.8. The van der Waals surface area contributed by atoms with Crippen molar-refractivity contribution in [2.45, 2.75) is 70.5 Å². The van der Waals surface area contributed by atoms with E-state index in [4.69, 9.17) is 0 Å². The van der Waals surface area contributed by atoms with E-state index in [2.05, 4.69) is 32.7 Å². The van der Waals surface area contributed by atoms with Gasteiger partial charge in [0.15, 0.2) is 0 Å². The molecule has 2 heteroatoms. The maximum Gasteiger partial charge on any atom is 0.114 e. The Morgan fingerprint density at radius 2 is 1.62 bits per heavy atom. The minimum atomic E-state index is -0.667. The highest BCUT2D eigenvalue weighted by atomic mass is 28.3. The first-order valence-electron chi connectivity index (χ1n) is 5.87. The zero-order valence-electron chi connectivity index (χ0n) is 9.64. The molecule has 0 aromatic rings. The van der Waals surface area contributed by atoms with Gasteiger partial charge in [-0.15, -0.1) is 0 Å². The van der Waals surface area contributed by atoms with Crippen LogP contribution in [0.3, 0.4) is 0 Å². The van der Waals surface area contributed by atoms with Crippen molar-refractivity contribution in [3.05, 3.63) is 0 Å². The summed E-state index contributed by atoms with van der Waals surface area (Å²) in [6.45, 7) is 9.39. The molecule has 1 unspecified atom stereocenters. The van der Waals surface area contributed by atoms with Crippen LogP contribution in [0.1, 0.15) is 53.4 Å². The monoisotopic (exact) mass is 199 g/mol. The van der Waals surface area contributed by atoms with Crippen molar-refractivity contribution in [2.75, 3.05) is 0 Å². The Kier molecular flexibility index (Phi) is 4.46. The zero-order chi connectivity index (χ0) is 9.84. The summed E-state index contributed by atoms with van der Waals surface area (Å²) in [6, 6.07) is 0.694. The third kappa shape index (κ3) is 3.43. The quantitative estimate of drug-likeness (QED) is 0.686. The van der Waals surface area contributed by atoms with Gasteiger partial charge in [-0.1, -0.05) is 53.4 Å². The molecule has 1 atom stereocenters. The van der Waals surface area contributed by atoms with Crippen LogP contribution in [0.2, 0.25) is 11.1 Å². The molecule has 0 saturated heterocycles. The van der Waals surface area contributed by atoms with E-state index in [-0.39, 0.29) is 0 Å². The highest BCUT2D eigenvalue weighted by molar-refractivity contribution is 6.59. The predicted molar refractivity (Wildman–Crippen MR) is 62.7 cm³/mol. The van der Waals surface area contributed by atoms with Crippen LogP contribution < -0.4 is 4.98 Å². The van der Waals surface area contributed by atoms with Gasteiger partial charge in [0.05, 0.1) is 0 Å². The lowest BCUT2D eigenvalue weighted by Crippen LogP contribution is -2.44. The van der Waals surface area contributed by atoms with Crippen molar-refractivity contribution in [3.8, 4) is 0 Å². The van der Waals surface area contributed by atoms with Gasteiger partial charge in [0.25, 0.3) is 0 Å². The van der Waals surface area contributed by atoms with Crippen LogP contribution in [0.25, 0.3) is 0 Å². The first kappa shape index (κ1) is 11.3. The Morgan fingerprint density at radius 3 is 2.00 bits per heavy atom. The lowest BCUT2D eigenvalue weighted by Gasteiger charge is -2.28. The smallest absolute Gasteiger partial charge is 0.114 e. The summed E-state index contributed by atoms with van der Waals surface area (Å²) < 4.78 is 0. The number of hydrogen-bond acceptors (Lipinski definition) is 1. The molecule has 1 aliphatic rings. The standard InChI is InChI=1S/C11H25NSi/c1-9(2)12-13(10(3)4)11-7-5-6-8-11/h9-13H,5-8H2,1-4H3. The summed E-state index contributed by atoms with van der Waals surface area (Å²) in [6.07, 6.45) is 5.99. The largest absolute Gasteiger partial charge is 0.337 e. The first-order chi connectivity index (χ1) is 6.11. The van der Waals surface area contributed by atoms with Crippen LogP contribution in [0.5, 0.6) is 0 Å². The van der Waals surface area contributed by atoms with E-state index in [1.54, 1.807) is 0 Å². The van der Waals surface area contributed by atoms with Crippen LogP contribution in [-0.4, -0.2) is 15.0 Å². The van der Waals surface area contributed by atoms with Crippen LogP contribution in [0, 0.1) is 0 Å². The molecule has 1 aliphatic carbocycles. The van der Waals surface area contributed by atoms with Gasteiger partial charge in [-0.25, -0.2) is 0 Å². The van der Waals surface area contributed by atoms with Crippen LogP contribution in [0.4, 0.5) is 0 Å². The highest BCUT2D eigenvalue weighted by Crippen LogP contribution is 2.35. The lowest BCUT2D eigenvalue weighted by molar-refractivity contribution is 0.690. The second kappa shape index (κ2) is 5.16. The molecule has 1 saturated carbocycles. The molecule has 0 amide bonds. The van der Waals surface area contributed by atoms with Crippen LogP contribution in [0.15, 0.2) is 0 Å². The maximum atomic E-state index is 3.86. The van der Waals surface area contributed by atoms with E-state index >= 15 is 0 Å². The average Bonchev–Trinajstić information content (AvgIpc) is 2.50. The summed E-state index contributed by atoms with van der Waals surface area (Å²) in [7, 11) is -0.667. The van der Waals surface area contributed by atoms with E-state index < -0.39 is 8.96 Å². The third-order valence-corrected chi connectivity index (χ3v) is 7.32. The Labute approximate surface area is 85.0 Å². The van der Waals surface area contributed by atoms with Gasteiger partial charge in [-0.05, 0) is 17.1 Å². The fourth-order valence-corrected chi connectivity index (χ4v) is 6.28. The molecule has 1 nitrogen and oxygen atoms in total. The fraction of sp³-hybridized carbons (Fsp3) is 1.00. The van der Waals surface area contributed by atoms with Gasteiger partial charge < -0.3 is 4.98 Å². The molecular formula is C11H25NSi. The molecule has 0 aliphatic heterocycles. The van der Waals surface area contributed by atoms with E-state index in [1.807, 2.05) is 0 Å². The number of nitrogens with one attached hydrogen (secondary N) is 1. The van der Waals surface area contributed by atoms with Crippen molar-refractivity contribution in [1.29, 1.82) is 0 Å². The van der Waals surface area contributed by atoms with Gasteiger partial charge in [0.1, 0.15) is 8.96 Å². The summed E-state index contributed by atoms with van der Waals surface area (Å²) in [5.41, 5.74) is 2.01. The summed E-state index contributed by atoms with van der Waals surface area (Å²) in [5, 5.41) is 0. The van der Waals surface area contributed by atoms with E-state index in [0.29, 0.717) is 6.04 Å². The van der Waals surface area contributed by atoms with Crippen molar-refractivity contribution in [3.63, 3.8) is 0 Å². The topological polar surface area (TPSA) is 12.0 Å². The Bertz CT molecular complexity index is 139. The molecule has 78 valence electrons. The van der Waals surface area contributed by atoms with Gasteiger partial charge in [0.2, 0.25) is 0 Å². The van der Waals surface area contributed by atoms with Crippen molar-refractivity contribution < 1.29 is 0 Å². The molecule has 0 radical (unpaired) electrons. The van der Waals surface area contributed by atoms with Crippen molar-refractivity contribution in [2.24, 2.45) is 0 Å². The van der Waals surface area contributed by atoms with E-state index in [0.717, 1.165) is 11.1 Å². The molecule has 0 spiro atoms. The molecule has 13 heavy (non-hydrogen) atoms. The molecular weight excluding hydrogens is 174 g/mol. The molecule has 0 bridgehead atoms. The fourth-order valence-electron chi connectivity index (χ4n) is 2.57. The van der Waals surface area contributed by atoms with Crippen molar-refractivity contribution in [1.82, 2.24) is 4.98 Å². The molecule has 0 aromatic heterocycles. The summed E-state index contributed by atoms with van der Waals surface area (Å²) >= 11 is 0. The first-order valence-corrected chi connectivity index (χ1v) is 7.78. The Hall–Kier alpha value is 0.177.